The Labute approximate surface area is 188 Å². The fraction of sp³-hybridized carbons (Fsp3) is 0.360. The molecule has 0 atom stereocenters. The van der Waals surface area contributed by atoms with E-state index in [2.05, 4.69) is 4.90 Å². The van der Waals surface area contributed by atoms with Crippen molar-refractivity contribution in [3.8, 4) is 11.5 Å². The number of carbonyl (C=O) groups excluding carboxylic acids is 1. The highest BCUT2D eigenvalue weighted by Gasteiger charge is 2.26. The van der Waals surface area contributed by atoms with Gasteiger partial charge < -0.3 is 14.7 Å². The number of amides is 1. The number of benzene rings is 2. The van der Waals surface area contributed by atoms with Crippen LogP contribution in [0.2, 0.25) is 0 Å². The van der Waals surface area contributed by atoms with E-state index in [9.17, 15) is 9.90 Å². The largest absolute Gasteiger partial charge is 0.504 e. The standard InChI is InChI=1S/C25H30N4O3/c1-4-32-25-14-19(10-11-24(25)31)15-28-13-12-23-21(16-28)22(26-27(23)3)17-29(18(2)30)20-8-6-5-7-9-20/h5-11,14,31H,4,12-13,15-17H2,1-3H3. The van der Waals surface area contributed by atoms with Crippen LogP contribution in [0.3, 0.4) is 0 Å². The maximum Gasteiger partial charge on any atom is 0.224 e. The normalized spacial score (nSPS) is 13.6. The predicted octanol–water partition coefficient (Wildman–Crippen LogP) is 3.64. The SMILES string of the molecule is CCOc1cc(CN2CCc3c(c(CN(C(C)=O)c4ccccc4)nn3C)C2)ccc1O. The molecule has 3 aromatic rings. The number of aromatic hydroxyl groups is 1. The third kappa shape index (κ3) is 4.62. The van der Waals surface area contributed by atoms with E-state index in [0.29, 0.717) is 18.9 Å². The number of phenolic OH excluding ortho intramolecular Hbond substituents is 1. The van der Waals surface area contributed by atoms with Gasteiger partial charge in [0.25, 0.3) is 0 Å². The quantitative estimate of drug-likeness (QED) is 0.615. The first-order valence-corrected chi connectivity index (χ1v) is 11.0. The minimum absolute atomic E-state index is 0.00387. The van der Waals surface area contributed by atoms with E-state index in [-0.39, 0.29) is 11.7 Å². The minimum Gasteiger partial charge on any atom is -0.504 e. The van der Waals surface area contributed by atoms with Gasteiger partial charge in [-0.1, -0.05) is 24.3 Å². The second-order valence-corrected chi connectivity index (χ2v) is 8.13. The molecule has 4 rings (SSSR count). The van der Waals surface area contributed by atoms with Crippen LogP contribution in [0.25, 0.3) is 0 Å². The molecule has 1 amide bonds. The Balaban J connectivity index is 1.54. The van der Waals surface area contributed by atoms with Crippen LogP contribution in [-0.2, 0) is 37.9 Å². The summed E-state index contributed by atoms with van der Waals surface area (Å²) in [6, 6.07) is 15.3. The first-order chi connectivity index (χ1) is 15.5. The molecule has 7 nitrogen and oxygen atoms in total. The summed E-state index contributed by atoms with van der Waals surface area (Å²) >= 11 is 0. The molecule has 1 N–H and O–H groups in total. The van der Waals surface area contributed by atoms with Crippen LogP contribution in [-0.4, -0.2) is 38.8 Å². The Bertz CT molecular complexity index is 1090. The van der Waals surface area contributed by atoms with Gasteiger partial charge in [-0.25, -0.2) is 0 Å². The monoisotopic (exact) mass is 434 g/mol. The lowest BCUT2D eigenvalue weighted by molar-refractivity contribution is -0.116. The summed E-state index contributed by atoms with van der Waals surface area (Å²) < 4.78 is 7.49. The Kier molecular flexibility index (Phi) is 6.46. The second-order valence-electron chi connectivity index (χ2n) is 8.13. The molecule has 1 aliphatic heterocycles. The van der Waals surface area contributed by atoms with E-state index in [0.717, 1.165) is 43.0 Å². The molecular formula is C25H30N4O3. The molecule has 32 heavy (non-hydrogen) atoms. The van der Waals surface area contributed by atoms with Gasteiger partial charge in [0.1, 0.15) is 0 Å². The van der Waals surface area contributed by atoms with Crippen molar-refractivity contribution in [2.24, 2.45) is 7.05 Å². The van der Waals surface area contributed by atoms with E-state index in [4.69, 9.17) is 9.84 Å². The van der Waals surface area contributed by atoms with E-state index in [1.54, 1.807) is 17.9 Å². The van der Waals surface area contributed by atoms with Crippen LogP contribution in [0.1, 0.15) is 36.4 Å². The zero-order valence-corrected chi connectivity index (χ0v) is 18.9. The van der Waals surface area contributed by atoms with Gasteiger partial charge in [0.15, 0.2) is 11.5 Å². The summed E-state index contributed by atoms with van der Waals surface area (Å²) in [5.41, 5.74) is 5.33. The fourth-order valence-corrected chi connectivity index (χ4v) is 4.32. The lowest BCUT2D eigenvalue weighted by Crippen LogP contribution is -2.32. The topological polar surface area (TPSA) is 70.8 Å². The maximum absolute atomic E-state index is 12.4. The van der Waals surface area contributed by atoms with Crippen molar-refractivity contribution in [1.82, 2.24) is 14.7 Å². The van der Waals surface area contributed by atoms with Gasteiger partial charge in [-0.05, 0) is 36.8 Å². The number of aryl methyl sites for hydroxylation is 1. The summed E-state index contributed by atoms with van der Waals surface area (Å²) in [4.78, 5) is 16.5. The van der Waals surface area contributed by atoms with Crippen molar-refractivity contribution in [3.63, 3.8) is 0 Å². The van der Waals surface area contributed by atoms with Crippen LogP contribution >= 0.6 is 0 Å². The third-order valence-corrected chi connectivity index (χ3v) is 5.89. The van der Waals surface area contributed by atoms with Gasteiger partial charge in [-0.3, -0.25) is 14.4 Å². The molecule has 168 valence electrons. The fourth-order valence-electron chi connectivity index (χ4n) is 4.32. The second kappa shape index (κ2) is 9.44. The summed E-state index contributed by atoms with van der Waals surface area (Å²) in [6.07, 6.45) is 0.903. The first-order valence-electron chi connectivity index (χ1n) is 11.0. The van der Waals surface area contributed by atoms with E-state index >= 15 is 0 Å². The number of phenols is 1. The molecule has 0 aliphatic carbocycles. The number of hydrogen-bond acceptors (Lipinski definition) is 5. The highest BCUT2D eigenvalue weighted by atomic mass is 16.5. The van der Waals surface area contributed by atoms with E-state index in [1.807, 2.05) is 61.1 Å². The average Bonchev–Trinajstić information content (AvgIpc) is 3.09. The minimum atomic E-state index is -0.00387. The maximum atomic E-state index is 12.4. The summed E-state index contributed by atoms with van der Waals surface area (Å²) in [5, 5.41) is 14.8. The number of aromatic nitrogens is 2. The van der Waals surface area contributed by atoms with Gasteiger partial charge >= 0.3 is 0 Å². The molecule has 2 heterocycles. The molecule has 0 saturated heterocycles. The van der Waals surface area contributed by atoms with Crippen molar-refractivity contribution in [2.75, 3.05) is 18.1 Å². The molecule has 0 bridgehead atoms. The number of hydrogen-bond donors (Lipinski definition) is 1. The molecular weight excluding hydrogens is 404 g/mol. The lowest BCUT2D eigenvalue weighted by atomic mass is 10.0. The van der Waals surface area contributed by atoms with Crippen LogP contribution in [0, 0.1) is 0 Å². The number of anilines is 1. The van der Waals surface area contributed by atoms with Crippen LogP contribution in [0.4, 0.5) is 5.69 Å². The Morgan fingerprint density at radius 2 is 2.00 bits per heavy atom. The molecule has 1 aromatic heterocycles. The molecule has 0 saturated carbocycles. The van der Waals surface area contributed by atoms with Gasteiger partial charge in [-0.15, -0.1) is 0 Å². The lowest BCUT2D eigenvalue weighted by Gasteiger charge is -2.28. The molecule has 1 aliphatic rings. The Morgan fingerprint density at radius 1 is 1.22 bits per heavy atom. The number of rotatable bonds is 7. The highest BCUT2D eigenvalue weighted by molar-refractivity contribution is 5.91. The first kappa shape index (κ1) is 21.9. The molecule has 7 heteroatoms. The van der Waals surface area contributed by atoms with Gasteiger partial charge in [-0.2, -0.15) is 5.10 Å². The Hall–Kier alpha value is -3.32. The zero-order valence-electron chi connectivity index (χ0n) is 18.9. The molecule has 0 fully saturated rings. The number of para-hydroxylation sites is 1. The van der Waals surface area contributed by atoms with Crippen LogP contribution < -0.4 is 9.64 Å². The Morgan fingerprint density at radius 3 is 2.72 bits per heavy atom. The number of fused-ring (bicyclic) bond motifs is 1. The van der Waals surface area contributed by atoms with Crippen molar-refractivity contribution >= 4 is 11.6 Å². The highest BCUT2D eigenvalue weighted by Crippen LogP contribution is 2.29. The smallest absolute Gasteiger partial charge is 0.224 e. The third-order valence-electron chi connectivity index (χ3n) is 5.89. The van der Waals surface area contributed by atoms with Crippen LogP contribution in [0.5, 0.6) is 11.5 Å². The van der Waals surface area contributed by atoms with Crippen molar-refractivity contribution in [2.45, 2.75) is 39.9 Å². The number of carbonyl (C=O) groups is 1. The van der Waals surface area contributed by atoms with Crippen LogP contribution in [0.15, 0.2) is 48.5 Å². The number of ether oxygens (including phenoxy) is 1. The van der Waals surface area contributed by atoms with Gasteiger partial charge in [0, 0.05) is 57.0 Å². The number of nitrogens with zero attached hydrogens (tertiary/aromatic N) is 4. The molecule has 2 aromatic carbocycles. The summed E-state index contributed by atoms with van der Waals surface area (Å²) in [6.45, 7) is 6.90. The van der Waals surface area contributed by atoms with Crippen molar-refractivity contribution in [1.29, 1.82) is 0 Å². The summed E-state index contributed by atoms with van der Waals surface area (Å²) in [7, 11) is 1.98. The van der Waals surface area contributed by atoms with Gasteiger partial charge in [0.2, 0.25) is 5.91 Å². The van der Waals surface area contributed by atoms with E-state index in [1.165, 1.54) is 11.3 Å². The van der Waals surface area contributed by atoms with E-state index < -0.39 is 0 Å². The molecule has 0 radical (unpaired) electrons. The predicted molar refractivity (Wildman–Crippen MR) is 124 cm³/mol. The molecule has 0 spiro atoms. The summed E-state index contributed by atoms with van der Waals surface area (Å²) in [5.74, 6) is 0.678. The zero-order chi connectivity index (χ0) is 22.7. The van der Waals surface area contributed by atoms with Crippen molar-refractivity contribution < 1.29 is 14.6 Å². The average molecular weight is 435 g/mol. The van der Waals surface area contributed by atoms with Crippen molar-refractivity contribution in [3.05, 3.63) is 71.0 Å². The molecule has 0 unspecified atom stereocenters. The van der Waals surface area contributed by atoms with Gasteiger partial charge in [0.05, 0.1) is 18.8 Å².